The van der Waals surface area contributed by atoms with E-state index in [1.807, 2.05) is 0 Å². The molecule has 1 aliphatic rings. The monoisotopic (exact) mass is 472 g/mol. The Labute approximate surface area is 181 Å². The third kappa shape index (κ3) is 5.34. The van der Waals surface area contributed by atoms with Gasteiger partial charge in [0.15, 0.2) is 0 Å². The Balaban J connectivity index is 1.67. The van der Waals surface area contributed by atoms with E-state index in [0.29, 0.717) is 11.8 Å². The highest BCUT2D eigenvalue weighted by molar-refractivity contribution is 7.89. The summed E-state index contributed by atoms with van der Waals surface area (Å²) >= 11 is 0. The number of nitrogens with two attached hydrogens (primary N) is 1. The molecular weight excluding hydrogens is 453 g/mol. The topological polar surface area (TPSA) is 136 Å². The molecule has 0 atom stereocenters. The van der Waals surface area contributed by atoms with Crippen molar-refractivity contribution in [2.24, 2.45) is 11.1 Å². The number of nitro groups is 1. The summed E-state index contributed by atoms with van der Waals surface area (Å²) in [7, 11) is -3.86. The van der Waals surface area contributed by atoms with E-state index in [1.165, 1.54) is 29.2 Å². The fourth-order valence-electron chi connectivity index (χ4n) is 3.50. The molecule has 1 amide bonds. The number of carbonyl (C=O) groups excluding carboxylic acids is 1. The van der Waals surface area contributed by atoms with E-state index in [1.54, 1.807) is 0 Å². The summed E-state index contributed by atoms with van der Waals surface area (Å²) in [6.45, 7) is 0.312. The van der Waals surface area contributed by atoms with Crippen molar-refractivity contribution in [1.29, 1.82) is 0 Å². The molecule has 0 saturated carbocycles. The Morgan fingerprint density at radius 3 is 2.22 bits per heavy atom. The minimum absolute atomic E-state index is 0.104. The molecule has 1 aliphatic heterocycles. The van der Waals surface area contributed by atoms with Gasteiger partial charge < -0.3 is 10.2 Å². The van der Waals surface area contributed by atoms with Crippen LogP contribution in [0.1, 0.15) is 18.4 Å². The summed E-state index contributed by atoms with van der Waals surface area (Å²) in [6.07, 6.45) is -4.22. The molecule has 0 radical (unpaired) electrons. The van der Waals surface area contributed by atoms with Gasteiger partial charge in [0.1, 0.15) is 0 Å². The van der Waals surface area contributed by atoms with E-state index < -0.39 is 38.3 Å². The third-order valence-corrected chi connectivity index (χ3v) is 6.08. The maximum absolute atomic E-state index is 13.4. The summed E-state index contributed by atoms with van der Waals surface area (Å²) in [6, 6.07) is 7.89. The number of nitrogens with zero attached hydrogens (tertiary/aromatic N) is 2. The van der Waals surface area contributed by atoms with Crippen LogP contribution in [0.2, 0.25) is 0 Å². The van der Waals surface area contributed by atoms with Crippen molar-refractivity contribution in [3.63, 3.8) is 0 Å². The molecular formula is C19H19F3N4O5S. The number of benzene rings is 2. The zero-order chi connectivity index (χ0) is 23.7. The molecule has 172 valence electrons. The van der Waals surface area contributed by atoms with Gasteiger partial charge in [0, 0.05) is 42.5 Å². The second kappa shape index (κ2) is 8.74. The van der Waals surface area contributed by atoms with Gasteiger partial charge in [-0.25, -0.2) is 13.6 Å². The quantitative estimate of drug-likeness (QED) is 0.507. The zero-order valence-corrected chi connectivity index (χ0v) is 17.3. The van der Waals surface area contributed by atoms with Gasteiger partial charge in [-0.3, -0.25) is 14.9 Å². The normalized spacial score (nSPS) is 15.4. The molecule has 0 unspecified atom stereocenters. The van der Waals surface area contributed by atoms with Crippen molar-refractivity contribution in [2.75, 3.05) is 23.3 Å². The van der Waals surface area contributed by atoms with Crippen LogP contribution in [-0.2, 0) is 21.0 Å². The summed E-state index contributed by atoms with van der Waals surface area (Å²) in [5.74, 6) is -0.802. The Kier molecular flexibility index (Phi) is 6.41. The van der Waals surface area contributed by atoms with Gasteiger partial charge in [0.05, 0.1) is 15.4 Å². The molecule has 0 aliphatic carbocycles. The Morgan fingerprint density at radius 1 is 1.12 bits per heavy atom. The lowest BCUT2D eigenvalue weighted by Crippen LogP contribution is -2.39. The predicted molar refractivity (Wildman–Crippen MR) is 109 cm³/mol. The van der Waals surface area contributed by atoms with Crippen molar-refractivity contribution in [1.82, 2.24) is 0 Å². The molecule has 32 heavy (non-hydrogen) atoms. The van der Waals surface area contributed by atoms with Gasteiger partial charge in [-0.15, -0.1) is 0 Å². The van der Waals surface area contributed by atoms with E-state index in [0.717, 1.165) is 12.1 Å². The van der Waals surface area contributed by atoms with Crippen molar-refractivity contribution in [2.45, 2.75) is 23.9 Å². The number of halogens is 3. The molecule has 3 rings (SSSR count). The molecule has 9 nitrogen and oxygen atoms in total. The predicted octanol–water partition coefficient (Wildman–Crippen LogP) is 3.12. The molecule has 3 N–H and O–H groups in total. The lowest BCUT2D eigenvalue weighted by atomic mass is 9.94. The van der Waals surface area contributed by atoms with E-state index in [2.05, 4.69) is 5.32 Å². The van der Waals surface area contributed by atoms with Crippen LogP contribution in [0.15, 0.2) is 47.4 Å². The first-order valence-corrected chi connectivity index (χ1v) is 10.9. The fourth-order valence-corrected chi connectivity index (χ4v) is 4.01. The zero-order valence-electron chi connectivity index (χ0n) is 16.5. The van der Waals surface area contributed by atoms with E-state index >= 15 is 0 Å². The number of amides is 1. The number of alkyl halides is 3. The number of anilines is 2. The molecule has 13 heteroatoms. The minimum Gasteiger partial charge on any atom is -0.371 e. The van der Waals surface area contributed by atoms with Crippen molar-refractivity contribution in [3.8, 4) is 0 Å². The van der Waals surface area contributed by atoms with Crippen LogP contribution in [0.4, 0.5) is 30.2 Å². The second-order valence-electron chi connectivity index (χ2n) is 7.28. The van der Waals surface area contributed by atoms with Crippen LogP contribution in [0.25, 0.3) is 0 Å². The molecule has 2 aromatic carbocycles. The van der Waals surface area contributed by atoms with Crippen molar-refractivity contribution in [3.05, 3.63) is 58.1 Å². The summed E-state index contributed by atoms with van der Waals surface area (Å²) in [5.41, 5.74) is -1.55. The Bertz CT molecular complexity index is 1130. The van der Waals surface area contributed by atoms with Gasteiger partial charge in [-0.05, 0) is 43.2 Å². The molecule has 1 saturated heterocycles. The number of hydrogen-bond acceptors (Lipinski definition) is 6. The first-order chi connectivity index (χ1) is 14.9. The largest absolute Gasteiger partial charge is 0.418 e. The second-order valence-corrected chi connectivity index (χ2v) is 8.84. The number of piperidine rings is 1. The van der Waals surface area contributed by atoms with Crippen LogP contribution < -0.4 is 15.4 Å². The first kappa shape index (κ1) is 23.5. The smallest absolute Gasteiger partial charge is 0.371 e. The maximum atomic E-state index is 13.4. The van der Waals surface area contributed by atoms with E-state index in [4.69, 9.17) is 5.14 Å². The molecule has 0 aromatic heterocycles. The average molecular weight is 472 g/mol. The van der Waals surface area contributed by atoms with Gasteiger partial charge in [0.25, 0.3) is 5.69 Å². The standard InChI is InChI=1S/C19H19F3N4O5S/c20-19(21,22)16-11-14(26(28)29)3-6-17(16)25-9-7-12(8-10-25)18(27)24-13-1-4-15(5-2-13)32(23,30)31/h1-6,11-12H,7-10H2,(H,24,27)(H2,23,30,31). The summed E-state index contributed by atoms with van der Waals surface area (Å²) in [4.78, 5) is 23.8. The first-order valence-electron chi connectivity index (χ1n) is 9.40. The summed E-state index contributed by atoms with van der Waals surface area (Å²) in [5, 5.41) is 18.5. The van der Waals surface area contributed by atoms with E-state index in [9.17, 15) is 36.5 Å². The highest BCUT2D eigenvalue weighted by Crippen LogP contribution is 2.40. The molecule has 0 spiro atoms. The number of primary sulfonamides is 1. The Morgan fingerprint density at radius 2 is 1.72 bits per heavy atom. The van der Waals surface area contributed by atoms with Crippen LogP contribution in [0.3, 0.4) is 0 Å². The number of nitrogens with one attached hydrogen (secondary N) is 1. The highest BCUT2D eigenvalue weighted by Gasteiger charge is 2.37. The average Bonchev–Trinajstić information content (AvgIpc) is 2.72. The minimum atomic E-state index is -4.77. The van der Waals surface area contributed by atoms with Crippen molar-refractivity contribution < 1.29 is 31.3 Å². The van der Waals surface area contributed by atoms with Crippen molar-refractivity contribution >= 4 is 33.0 Å². The van der Waals surface area contributed by atoms with Gasteiger partial charge in [-0.2, -0.15) is 13.2 Å². The lowest BCUT2D eigenvalue weighted by molar-refractivity contribution is -0.385. The fraction of sp³-hybridized carbons (Fsp3) is 0.316. The molecule has 0 bridgehead atoms. The van der Waals surface area contributed by atoms with Crippen LogP contribution in [-0.4, -0.2) is 32.3 Å². The SMILES string of the molecule is NS(=O)(=O)c1ccc(NC(=O)C2CCN(c3ccc([N+](=O)[O-])cc3C(F)(F)F)CC2)cc1. The van der Waals surface area contributed by atoms with Gasteiger partial charge in [-0.1, -0.05) is 0 Å². The Hall–Kier alpha value is -3.19. The van der Waals surface area contributed by atoms with Gasteiger partial charge in [0.2, 0.25) is 15.9 Å². The molecule has 1 heterocycles. The highest BCUT2D eigenvalue weighted by atomic mass is 32.2. The maximum Gasteiger partial charge on any atom is 0.418 e. The van der Waals surface area contributed by atoms with E-state index in [-0.39, 0.29) is 42.4 Å². The number of nitro benzene ring substituents is 1. The summed E-state index contributed by atoms with van der Waals surface area (Å²) < 4.78 is 62.9. The lowest BCUT2D eigenvalue weighted by Gasteiger charge is -2.34. The number of carbonyl (C=O) groups is 1. The molecule has 1 fully saturated rings. The number of hydrogen-bond donors (Lipinski definition) is 2. The molecule has 2 aromatic rings. The van der Waals surface area contributed by atoms with Crippen LogP contribution >= 0.6 is 0 Å². The third-order valence-electron chi connectivity index (χ3n) is 5.15. The van der Waals surface area contributed by atoms with Gasteiger partial charge >= 0.3 is 6.18 Å². The number of non-ortho nitro benzene ring substituents is 1. The number of rotatable bonds is 5. The van der Waals surface area contributed by atoms with Crippen LogP contribution in [0, 0.1) is 16.0 Å². The number of sulfonamides is 1. The van der Waals surface area contributed by atoms with Crippen LogP contribution in [0.5, 0.6) is 0 Å².